The number of carboxylic acid groups (broad SMARTS) is 1. The molecular weight excluding hydrogens is 360 g/mol. The minimum atomic E-state index is -2.82. The van der Waals surface area contributed by atoms with E-state index < -0.39 is 79.9 Å². The van der Waals surface area contributed by atoms with Crippen LogP contribution in [0.25, 0.3) is 0 Å². The van der Waals surface area contributed by atoms with Gasteiger partial charge in [-0.15, -0.1) is 0 Å². The van der Waals surface area contributed by atoms with Crippen molar-refractivity contribution < 1.29 is 59.9 Å². The molecule has 10 atom stereocenters. The van der Waals surface area contributed by atoms with Crippen LogP contribution in [0, 0.1) is 0 Å². The smallest absolute Gasteiger partial charge is 0.364 e. The molecule has 2 aliphatic heterocycles. The minimum Gasteiger partial charge on any atom is -0.477 e. The summed E-state index contributed by atoms with van der Waals surface area (Å²) in [5.74, 6) is -4.64. The summed E-state index contributed by atoms with van der Waals surface area (Å²) in [6.45, 7) is 0.492. The Morgan fingerprint density at radius 1 is 1.23 bits per heavy atom. The largest absolute Gasteiger partial charge is 0.477 e. The molecule has 0 spiro atoms. The van der Waals surface area contributed by atoms with Gasteiger partial charge in [-0.05, 0) is 6.92 Å². The van der Waals surface area contributed by atoms with Crippen molar-refractivity contribution in [2.75, 3.05) is 6.61 Å². The number of ether oxygens (including phenoxy) is 3. The van der Waals surface area contributed by atoms with E-state index in [1.54, 1.807) is 0 Å². The molecule has 0 saturated carbocycles. The van der Waals surface area contributed by atoms with Gasteiger partial charge in [-0.2, -0.15) is 0 Å². The van der Waals surface area contributed by atoms with Gasteiger partial charge in [0.25, 0.3) is 5.79 Å². The minimum absolute atomic E-state index is 0.828. The first-order valence-electron chi connectivity index (χ1n) is 7.97. The van der Waals surface area contributed by atoms with Crippen LogP contribution in [0.1, 0.15) is 13.3 Å². The quantitative estimate of drug-likeness (QED) is 0.226. The molecule has 0 radical (unpaired) electrons. The molecule has 152 valence electrons. The van der Waals surface area contributed by atoms with E-state index >= 15 is 0 Å². The van der Waals surface area contributed by atoms with E-state index in [-0.39, 0.29) is 0 Å². The zero-order valence-electron chi connectivity index (χ0n) is 13.8. The van der Waals surface area contributed by atoms with Crippen LogP contribution in [0.3, 0.4) is 0 Å². The average Bonchev–Trinajstić information content (AvgIpc) is 2.58. The van der Waals surface area contributed by atoms with Crippen molar-refractivity contribution in [1.29, 1.82) is 0 Å². The van der Waals surface area contributed by atoms with Crippen LogP contribution in [0.2, 0.25) is 0 Å². The molecule has 0 aromatic carbocycles. The molecule has 8 N–H and O–H groups in total. The normalized spacial score (nSPS) is 48.2. The zero-order valence-corrected chi connectivity index (χ0v) is 13.8. The van der Waals surface area contributed by atoms with Gasteiger partial charge >= 0.3 is 5.97 Å². The van der Waals surface area contributed by atoms with E-state index in [0.29, 0.717) is 0 Å². The summed E-state index contributed by atoms with van der Waals surface area (Å²) < 4.78 is 15.5. The highest BCUT2D eigenvalue weighted by molar-refractivity contribution is 5.75. The first-order valence-corrected chi connectivity index (χ1v) is 7.97. The number of aliphatic hydroxyl groups excluding tert-OH is 6. The van der Waals surface area contributed by atoms with Crippen molar-refractivity contribution in [1.82, 2.24) is 0 Å². The Morgan fingerprint density at radius 2 is 1.85 bits per heavy atom. The lowest BCUT2D eigenvalue weighted by Crippen LogP contribution is -2.65. The van der Waals surface area contributed by atoms with Gasteiger partial charge in [0.05, 0.1) is 18.8 Å². The van der Waals surface area contributed by atoms with E-state index in [0.717, 1.165) is 0 Å². The molecule has 12 nitrogen and oxygen atoms in total. The molecule has 2 heterocycles. The van der Waals surface area contributed by atoms with Crippen molar-refractivity contribution in [3.8, 4) is 0 Å². The molecule has 0 aromatic rings. The van der Waals surface area contributed by atoms with E-state index in [9.17, 15) is 35.4 Å². The lowest BCUT2D eigenvalue weighted by molar-refractivity contribution is -0.358. The van der Waals surface area contributed by atoms with Crippen LogP contribution >= 0.6 is 0 Å². The van der Waals surface area contributed by atoms with Gasteiger partial charge in [-0.3, -0.25) is 0 Å². The van der Waals surface area contributed by atoms with E-state index in [4.69, 9.17) is 24.4 Å². The standard InChI is InChI=1S/C14H24O12/c1-4-7(18)8(19)9(20)12(24-4)25-10-5(16)2-14(23,13(21)22)26-11(10)6(17)3-15/h4-12,15-20,23H,2-3H2,1H3,(H,21,22). The Morgan fingerprint density at radius 3 is 2.38 bits per heavy atom. The maximum atomic E-state index is 11.2. The third kappa shape index (κ3) is 3.99. The summed E-state index contributed by atoms with van der Waals surface area (Å²) in [5.41, 5.74) is 0. The number of rotatable bonds is 5. The Labute approximate surface area is 147 Å². The second-order valence-corrected chi connectivity index (χ2v) is 6.48. The maximum Gasteiger partial charge on any atom is 0.364 e. The second-order valence-electron chi connectivity index (χ2n) is 6.48. The molecule has 26 heavy (non-hydrogen) atoms. The molecule has 2 saturated heterocycles. The summed E-state index contributed by atoms with van der Waals surface area (Å²) >= 11 is 0. The molecular formula is C14H24O12. The first-order chi connectivity index (χ1) is 12.0. The number of carboxylic acids is 1. The molecule has 0 amide bonds. The molecule has 10 unspecified atom stereocenters. The fourth-order valence-corrected chi connectivity index (χ4v) is 2.95. The molecule has 12 heteroatoms. The van der Waals surface area contributed by atoms with Crippen LogP contribution in [-0.2, 0) is 19.0 Å². The van der Waals surface area contributed by atoms with Gasteiger partial charge in [0, 0.05) is 6.42 Å². The van der Waals surface area contributed by atoms with Crippen LogP contribution in [-0.4, -0.2) is 114 Å². The first kappa shape index (κ1) is 21.4. The van der Waals surface area contributed by atoms with E-state index in [2.05, 4.69) is 0 Å². The lowest BCUT2D eigenvalue weighted by atomic mass is 9.92. The number of carbonyl (C=O) groups is 1. The van der Waals surface area contributed by atoms with Gasteiger partial charge in [0.1, 0.15) is 36.6 Å². The summed E-state index contributed by atoms with van der Waals surface area (Å²) in [7, 11) is 0. The van der Waals surface area contributed by atoms with E-state index in [1.165, 1.54) is 6.92 Å². The van der Waals surface area contributed by atoms with Crippen LogP contribution in [0.15, 0.2) is 0 Å². The van der Waals surface area contributed by atoms with Crippen LogP contribution < -0.4 is 0 Å². The summed E-state index contributed by atoms with van der Waals surface area (Å²) in [6, 6.07) is 0. The third-order valence-electron chi connectivity index (χ3n) is 4.52. The number of aliphatic carboxylic acids is 1. The molecule has 2 aliphatic rings. The fraction of sp³-hybridized carbons (Fsp3) is 0.929. The predicted molar refractivity (Wildman–Crippen MR) is 78.4 cm³/mol. The average molecular weight is 384 g/mol. The number of aliphatic hydroxyl groups is 7. The van der Waals surface area contributed by atoms with Gasteiger partial charge < -0.3 is 55.1 Å². The van der Waals surface area contributed by atoms with Crippen LogP contribution in [0.5, 0.6) is 0 Å². The van der Waals surface area contributed by atoms with Gasteiger partial charge in [-0.1, -0.05) is 0 Å². The van der Waals surface area contributed by atoms with E-state index in [1.807, 2.05) is 0 Å². The van der Waals surface area contributed by atoms with Crippen molar-refractivity contribution in [2.24, 2.45) is 0 Å². The number of hydrogen-bond acceptors (Lipinski definition) is 11. The van der Waals surface area contributed by atoms with Crippen LogP contribution in [0.4, 0.5) is 0 Å². The summed E-state index contributed by atoms with van der Waals surface area (Å²) in [6.07, 6.45) is -14.7. The lowest BCUT2D eigenvalue weighted by Gasteiger charge is -2.46. The van der Waals surface area contributed by atoms with Crippen molar-refractivity contribution in [2.45, 2.75) is 74.3 Å². The maximum absolute atomic E-state index is 11.2. The Kier molecular flexibility index (Phi) is 6.56. The predicted octanol–water partition coefficient (Wildman–Crippen LogP) is -4.52. The highest BCUT2D eigenvalue weighted by Gasteiger charge is 2.55. The van der Waals surface area contributed by atoms with Crippen molar-refractivity contribution >= 4 is 5.97 Å². The second kappa shape index (κ2) is 7.98. The van der Waals surface area contributed by atoms with Gasteiger partial charge in [0.2, 0.25) is 0 Å². The molecule has 2 fully saturated rings. The SMILES string of the molecule is CC1OC(OC2C(O)CC(O)(C(=O)O)OC2C(O)CO)C(O)C(O)C1O. The molecule has 0 aliphatic carbocycles. The Bertz CT molecular complexity index is 502. The van der Waals surface area contributed by atoms with Gasteiger partial charge in [0.15, 0.2) is 6.29 Å². The molecule has 0 bridgehead atoms. The van der Waals surface area contributed by atoms with Gasteiger partial charge in [-0.25, -0.2) is 4.79 Å². The number of hydrogen-bond donors (Lipinski definition) is 8. The highest BCUT2D eigenvalue weighted by Crippen LogP contribution is 2.33. The fourth-order valence-electron chi connectivity index (χ4n) is 2.95. The monoisotopic (exact) mass is 384 g/mol. The summed E-state index contributed by atoms with van der Waals surface area (Å²) in [4.78, 5) is 11.2. The molecule has 2 rings (SSSR count). The Hall–Kier alpha value is -0.930. The zero-order chi connectivity index (χ0) is 19.8. The molecule has 0 aromatic heterocycles. The Balaban J connectivity index is 2.21. The third-order valence-corrected chi connectivity index (χ3v) is 4.52. The topological polar surface area (TPSA) is 207 Å². The highest BCUT2D eigenvalue weighted by atomic mass is 16.7. The van der Waals surface area contributed by atoms with Crippen molar-refractivity contribution in [3.63, 3.8) is 0 Å². The van der Waals surface area contributed by atoms with Crippen molar-refractivity contribution in [3.05, 3.63) is 0 Å². The summed E-state index contributed by atoms with van der Waals surface area (Å²) in [5, 5.41) is 77.6.